The third-order valence-corrected chi connectivity index (χ3v) is 3.48. The largest absolute Gasteiger partial charge is 0.378 e. The van der Waals surface area contributed by atoms with Crippen LogP contribution >= 0.6 is 0 Å². The average Bonchev–Trinajstić information content (AvgIpc) is 2.94. The van der Waals surface area contributed by atoms with Crippen LogP contribution in [0.4, 0.5) is 5.69 Å². The van der Waals surface area contributed by atoms with Gasteiger partial charge in [0.05, 0.1) is 17.9 Å². The first-order valence-electron chi connectivity index (χ1n) is 7.38. The molecule has 0 saturated carbocycles. The number of amides is 1. The molecule has 22 heavy (non-hydrogen) atoms. The zero-order valence-electron chi connectivity index (χ0n) is 13.9. The Morgan fingerprint density at radius 1 is 1.23 bits per heavy atom. The number of nitrogens with one attached hydrogen (secondary N) is 2. The van der Waals surface area contributed by atoms with Crippen molar-refractivity contribution >= 4 is 11.6 Å². The van der Waals surface area contributed by atoms with Gasteiger partial charge in [0.1, 0.15) is 0 Å². The number of H-pyrrole nitrogens is 1. The molecule has 2 rings (SSSR count). The monoisotopic (exact) mass is 300 g/mol. The molecular formula is C17H24N4O. The van der Waals surface area contributed by atoms with E-state index in [1.54, 1.807) is 0 Å². The first-order valence-corrected chi connectivity index (χ1v) is 7.38. The van der Waals surface area contributed by atoms with E-state index in [-0.39, 0.29) is 11.3 Å². The fourth-order valence-electron chi connectivity index (χ4n) is 2.02. The number of aromatic amines is 1. The molecule has 2 N–H and O–H groups in total. The van der Waals surface area contributed by atoms with Gasteiger partial charge in [0.25, 0.3) is 5.91 Å². The Kier molecular flexibility index (Phi) is 4.54. The number of rotatable bonds is 4. The lowest BCUT2D eigenvalue weighted by molar-refractivity contribution is 0.0950. The molecule has 2 aromatic rings. The van der Waals surface area contributed by atoms with Crippen LogP contribution in [0.25, 0.3) is 0 Å². The molecule has 0 saturated heterocycles. The second kappa shape index (κ2) is 6.22. The van der Waals surface area contributed by atoms with Gasteiger partial charge in [-0.05, 0) is 30.3 Å². The number of aromatic nitrogens is 2. The van der Waals surface area contributed by atoms with Crippen molar-refractivity contribution in [3.05, 3.63) is 47.3 Å². The number of anilines is 1. The first kappa shape index (κ1) is 16.1. The van der Waals surface area contributed by atoms with Crippen molar-refractivity contribution in [2.45, 2.75) is 32.7 Å². The Hall–Kier alpha value is -2.30. The van der Waals surface area contributed by atoms with Crippen LogP contribution in [0.15, 0.2) is 30.3 Å². The summed E-state index contributed by atoms with van der Waals surface area (Å²) in [4.78, 5) is 14.1. The molecule has 0 unspecified atom stereocenters. The molecule has 0 aliphatic carbocycles. The second-order valence-electron chi connectivity index (χ2n) is 6.65. The van der Waals surface area contributed by atoms with Gasteiger partial charge in [0, 0.05) is 30.8 Å². The highest BCUT2D eigenvalue weighted by molar-refractivity contribution is 5.94. The van der Waals surface area contributed by atoms with E-state index in [9.17, 15) is 4.79 Å². The number of carbonyl (C=O) groups is 1. The standard InChI is InChI=1S/C17H24N4O/c1-17(2,3)15-10-13(19-20-15)11-18-16(22)12-6-8-14(9-7-12)21(4)5/h6-10H,11H2,1-5H3,(H,18,22)(H,19,20). The Morgan fingerprint density at radius 2 is 1.86 bits per heavy atom. The summed E-state index contributed by atoms with van der Waals surface area (Å²) >= 11 is 0. The SMILES string of the molecule is CN(C)c1ccc(C(=O)NCc2cc(C(C)(C)C)n[nH]2)cc1. The lowest BCUT2D eigenvalue weighted by Gasteiger charge is -2.13. The van der Waals surface area contributed by atoms with Crippen LogP contribution in [0.2, 0.25) is 0 Å². The van der Waals surface area contributed by atoms with E-state index in [0.717, 1.165) is 17.1 Å². The molecule has 0 aliphatic heterocycles. The fraction of sp³-hybridized carbons (Fsp3) is 0.412. The molecule has 0 aliphatic rings. The Morgan fingerprint density at radius 3 is 2.36 bits per heavy atom. The lowest BCUT2D eigenvalue weighted by atomic mass is 9.92. The molecule has 1 aromatic heterocycles. The van der Waals surface area contributed by atoms with Gasteiger partial charge in [0.2, 0.25) is 0 Å². The highest BCUT2D eigenvalue weighted by Gasteiger charge is 2.17. The van der Waals surface area contributed by atoms with Gasteiger partial charge in [-0.2, -0.15) is 5.10 Å². The van der Waals surface area contributed by atoms with E-state index in [0.29, 0.717) is 12.1 Å². The maximum Gasteiger partial charge on any atom is 0.251 e. The molecule has 0 bridgehead atoms. The number of nitrogens with zero attached hydrogens (tertiary/aromatic N) is 2. The molecular weight excluding hydrogens is 276 g/mol. The number of hydrogen-bond donors (Lipinski definition) is 2. The van der Waals surface area contributed by atoms with E-state index in [2.05, 4.69) is 36.3 Å². The van der Waals surface area contributed by atoms with Crippen molar-refractivity contribution in [2.24, 2.45) is 0 Å². The summed E-state index contributed by atoms with van der Waals surface area (Å²) < 4.78 is 0. The Balaban J connectivity index is 1.96. The highest BCUT2D eigenvalue weighted by atomic mass is 16.1. The summed E-state index contributed by atoms with van der Waals surface area (Å²) in [5.41, 5.74) is 3.62. The zero-order chi connectivity index (χ0) is 16.3. The van der Waals surface area contributed by atoms with Crippen LogP contribution in [0.3, 0.4) is 0 Å². The topological polar surface area (TPSA) is 61.0 Å². The van der Waals surface area contributed by atoms with Crippen molar-refractivity contribution in [3.63, 3.8) is 0 Å². The third-order valence-electron chi connectivity index (χ3n) is 3.48. The van der Waals surface area contributed by atoms with Gasteiger partial charge in [-0.1, -0.05) is 20.8 Å². The van der Waals surface area contributed by atoms with Crippen molar-refractivity contribution in [3.8, 4) is 0 Å². The van der Waals surface area contributed by atoms with Gasteiger partial charge >= 0.3 is 0 Å². The molecule has 1 heterocycles. The van der Waals surface area contributed by atoms with Crippen molar-refractivity contribution < 1.29 is 4.79 Å². The van der Waals surface area contributed by atoms with E-state index in [1.165, 1.54) is 0 Å². The second-order valence-corrected chi connectivity index (χ2v) is 6.65. The molecule has 0 atom stereocenters. The molecule has 0 spiro atoms. The van der Waals surface area contributed by atoms with Crippen LogP contribution in [0.5, 0.6) is 0 Å². The Labute approximate surface area is 131 Å². The van der Waals surface area contributed by atoms with Gasteiger partial charge in [-0.25, -0.2) is 0 Å². The normalized spacial score (nSPS) is 11.3. The van der Waals surface area contributed by atoms with Crippen LogP contribution in [0.1, 0.15) is 42.5 Å². The molecule has 0 radical (unpaired) electrons. The molecule has 1 amide bonds. The van der Waals surface area contributed by atoms with E-state index in [4.69, 9.17) is 0 Å². The lowest BCUT2D eigenvalue weighted by Crippen LogP contribution is -2.23. The minimum Gasteiger partial charge on any atom is -0.378 e. The van der Waals surface area contributed by atoms with E-state index in [1.807, 2.05) is 49.3 Å². The van der Waals surface area contributed by atoms with Crippen LogP contribution < -0.4 is 10.2 Å². The fourth-order valence-corrected chi connectivity index (χ4v) is 2.02. The first-order chi connectivity index (χ1) is 10.3. The van der Waals surface area contributed by atoms with Gasteiger partial charge in [-0.3, -0.25) is 9.89 Å². The van der Waals surface area contributed by atoms with Crippen molar-refractivity contribution in [1.29, 1.82) is 0 Å². The summed E-state index contributed by atoms with van der Waals surface area (Å²) in [6, 6.07) is 9.53. The summed E-state index contributed by atoms with van der Waals surface area (Å²) in [6.45, 7) is 6.77. The molecule has 1 aromatic carbocycles. The predicted octanol–water partition coefficient (Wildman–Crippen LogP) is 2.70. The quantitative estimate of drug-likeness (QED) is 0.912. The van der Waals surface area contributed by atoms with Gasteiger partial charge < -0.3 is 10.2 Å². The Bertz CT molecular complexity index is 635. The summed E-state index contributed by atoms with van der Waals surface area (Å²) in [6.07, 6.45) is 0. The predicted molar refractivity (Wildman–Crippen MR) is 89.2 cm³/mol. The van der Waals surface area contributed by atoms with Crippen LogP contribution in [-0.2, 0) is 12.0 Å². The van der Waals surface area contributed by atoms with Crippen molar-refractivity contribution in [1.82, 2.24) is 15.5 Å². The smallest absolute Gasteiger partial charge is 0.251 e. The van der Waals surface area contributed by atoms with Crippen LogP contribution in [-0.4, -0.2) is 30.2 Å². The highest BCUT2D eigenvalue weighted by Crippen LogP contribution is 2.20. The summed E-state index contributed by atoms with van der Waals surface area (Å²) in [7, 11) is 3.94. The van der Waals surface area contributed by atoms with Crippen LogP contribution in [0, 0.1) is 0 Å². The number of hydrogen-bond acceptors (Lipinski definition) is 3. The molecule has 0 fully saturated rings. The third kappa shape index (κ3) is 3.87. The van der Waals surface area contributed by atoms with Gasteiger partial charge in [-0.15, -0.1) is 0 Å². The average molecular weight is 300 g/mol. The summed E-state index contributed by atoms with van der Waals surface area (Å²) in [5, 5.41) is 10.2. The molecule has 5 heteroatoms. The zero-order valence-corrected chi connectivity index (χ0v) is 13.9. The summed E-state index contributed by atoms with van der Waals surface area (Å²) in [5.74, 6) is -0.0859. The maximum absolute atomic E-state index is 12.1. The molecule has 118 valence electrons. The maximum atomic E-state index is 12.1. The van der Waals surface area contributed by atoms with E-state index < -0.39 is 0 Å². The minimum absolute atomic E-state index is 0.000763. The van der Waals surface area contributed by atoms with Gasteiger partial charge in [0.15, 0.2) is 0 Å². The van der Waals surface area contributed by atoms with E-state index >= 15 is 0 Å². The van der Waals surface area contributed by atoms with Crippen molar-refractivity contribution in [2.75, 3.05) is 19.0 Å². The number of benzene rings is 1. The minimum atomic E-state index is -0.0859. The molecule has 5 nitrogen and oxygen atoms in total. The number of carbonyl (C=O) groups excluding carboxylic acids is 1.